The fourth-order valence-corrected chi connectivity index (χ4v) is 3.22. The van der Waals surface area contributed by atoms with Crippen molar-refractivity contribution in [3.8, 4) is 5.75 Å². The number of para-hydroxylation sites is 3. The van der Waals surface area contributed by atoms with Crippen LogP contribution >= 0.6 is 0 Å². The van der Waals surface area contributed by atoms with E-state index in [1.54, 1.807) is 19.2 Å². The van der Waals surface area contributed by atoms with Crippen LogP contribution in [0.5, 0.6) is 5.75 Å². The molecule has 1 heterocycles. The van der Waals surface area contributed by atoms with Crippen LogP contribution in [0, 0.1) is 0 Å². The number of benzene rings is 2. The average Bonchev–Trinajstić information content (AvgIpc) is 2.73. The van der Waals surface area contributed by atoms with E-state index in [1.807, 2.05) is 18.2 Å². The molecule has 27 heavy (non-hydrogen) atoms. The van der Waals surface area contributed by atoms with Gasteiger partial charge < -0.3 is 14.4 Å². The number of carbonyl (C=O) groups excluding carboxylic acids is 1. The van der Waals surface area contributed by atoms with E-state index < -0.39 is 6.09 Å². The summed E-state index contributed by atoms with van der Waals surface area (Å²) in [6, 6.07) is 17.8. The van der Waals surface area contributed by atoms with Gasteiger partial charge in [-0.25, -0.2) is 4.79 Å². The third-order valence-electron chi connectivity index (χ3n) is 4.69. The lowest BCUT2D eigenvalue weighted by molar-refractivity contribution is 0.151. The number of amides is 1. The SMILES string of the molecule is COc1ccccc1NC(=O)OCCCN1CCN(c2ccccc2)CC1. The number of hydrogen-bond acceptors (Lipinski definition) is 5. The van der Waals surface area contributed by atoms with Crippen LogP contribution in [0.2, 0.25) is 0 Å². The molecule has 1 saturated heterocycles. The molecule has 2 aromatic carbocycles. The second kappa shape index (κ2) is 9.83. The van der Waals surface area contributed by atoms with Gasteiger partial charge in [-0.05, 0) is 30.7 Å². The Kier molecular flexibility index (Phi) is 6.93. The summed E-state index contributed by atoms with van der Waals surface area (Å²) in [5.74, 6) is 0.616. The lowest BCUT2D eigenvalue weighted by Crippen LogP contribution is -2.46. The summed E-state index contributed by atoms with van der Waals surface area (Å²) in [5, 5.41) is 2.72. The van der Waals surface area contributed by atoms with Crippen LogP contribution < -0.4 is 15.0 Å². The van der Waals surface area contributed by atoms with Crippen molar-refractivity contribution in [3.05, 3.63) is 54.6 Å². The van der Waals surface area contributed by atoms with E-state index >= 15 is 0 Å². The van der Waals surface area contributed by atoms with Crippen LogP contribution in [-0.4, -0.2) is 57.4 Å². The smallest absolute Gasteiger partial charge is 0.411 e. The zero-order valence-corrected chi connectivity index (χ0v) is 15.8. The van der Waals surface area contributed by atoms with Gasteiger partial charge in [0.1, 0.15) is 5.75 Å². The van der Waals surface area contributed by atoms with Crippen LogP contribution in [-0.2, 0) is 4.74 Å². The molecule has 0 aromatic heterocycles. The Morgan fingerprint density at radius 3 is 2.44 bits per heavy atom. The second-order valence-electron chi connectivity index (χ2n) is 6.48. The molecule has 0 unspecified atom stereocenters. The molecule has 3 rings (SSSR count). The third kappa shape index (κ3) is 5.62. The van der Waals surface area contributed by atoms with Crippen molar-refractivity contribution in [2.24, 2.45) is 0 Å². The van der Waals surface area contributed by atoms with Gasteiger partial charge in [-0.15, -0.1) is 0 Å². The fourth-order valence-electron chi connectivity index (χ4n) is 3.22. The number of methoxy groups -OCH3 is 1. The molecule has 0 radical (unpaired) electrons. The first kappa shape index (κ1) is 19.0. The van der Waals surface area contributed by atoms with Crippen LogP contribution in [0.1, 0.15) is 6.42 Å². The minimum Gasteiger partial charge on any atom is -0.495 e. The van der Waals surface area contributed by atoms with Gasteiger partial charge in [0.05, 0.1) is 19.4 Å². The largest absolute Gasteiger partial charge is 0.495 e. The van der Waals surface area contributed by atoms with E-state index in [9.17, 15) is 4.79 Å². The van der Waals surface area contributed by atoms with Crippen molar-refractivity contribution in [1.82, 2.24) is 4.90 Å². The molecule has 6 nitrogen and oxygen atoms in total. The summed E-state index contributed by atoms with van der Waals surface area (Å²) < 4.78 is 10.5. The molecular formula is C21H27N3O3. The lowest BCUT2D eigenvalue weighted by Gasteiger charge is -2.36. The molecule has 1 N–H and O–H groups in total. The molecule has 0 aliphatic carbocycles. The van der Waals surface area contributed by atoms with Gasteiger partial charge in [-0.2, -0.15) is 0 Å². The number of hydrogen-bond donors (Lipinski definition) is 1. The summed E-state index contributed by atoms with van der Waals surface area (Å²) in [5.41, 5.74) is 1.90. The molecule has 6 heteroatoms. The minimum absolute atomic E-state index is 0.403. The zero-order valence-electron chi connectivity index (χ0n) is 15.8. The maximum Gasteiger partial charge on any atom is 0.411 e. The second-order valence-corrected chi connectivity index (χ2v) is 6.48. The van der Waals surface area contributed by atoms with Gasteiger partial charge >= 0.3 is 6.09 Å². The van der Waals surface area contributed by atoms with Gasteiger partial charge in [0, 0.05) is 38.4 Å². The predicted octanol–water partition coefficient (Wildman–Crippen LogP) is 3.46. The highest BCUT2D eigenvalue weighted by Gasteiger charge is 2.16. The first-order valence-corrected chi connectivity index (χ1v) is 9.35. The van der Waals surface area contributed by atoms with E-state index in [-0.39, 0.29) is 0 Å². The predicted molar refractivity (Wildman–Crippen MR) is 108 cm³/mol. The monoisotopic (exact) mass is 369 g/mol. The van der Waals surface area contributed by atoms with E-state index in [4.69, 9.17) is 9.47 Å². The Balaban J connectivity index is 1.32. The minimum atomic E-state index is -0.451. The molecule has 0 atom stereocenters. The van der Waals surface area contributed by atoms with E-state index in [1.165, 1.54) is 5.69 Å². The number of carbonyl (C=O) groups is 1. The quantitative estimate of drug-likeness (QED) is 0.758. The molecule has 0 saturated carbocycles. The average molecular weight is 369 g/mol. The summed E-state index contributed by atoms with van der Waals surface area (Å²) in [7, 11) is 1.57. The Hall–Kier alpha value is -2.73. The Labute approximate surface area is 160 Å². The normalized spacial score (nSPS) is 14.6. The van der Waals surface area contributed by atoms with Crippen molar-refractivity contribution in [1.29, 1.82) is 0 Å². The Morgan fingerprint density at radius 2 is 1.70 bits per heavy atom. The highest BCUT2D eigenvalue weighted by Crippen LogP contribution is 2.23. The molecule has 1 fully saturated rings. The Bertz CT molecular complexity index is 716. The van der Waals surface area contributed by atoms with E-state index in [0.29, 0.717) is 18.0 Å². The van der Waals surface area contributed by atoms with Crippen molar-refractivity contribution >= 4 is 17.5 Å². The first-order valence-electron chi connectivity index (χ1n) is 9.35. The van der Waals surface area contributed by atoms with Crippen molar-refractivity contribution < 1.29 is 14.3 Å². The van der Waals surface area contributed by atoms with Crippen LogP contribution in [0.4, 0.5) is 16.2 Å². The van der Waals surface area contributed by atoms with E-state index in [2.05, 4.69) is 39.4 Å². The first-order chi connectivity index (χ1) is 13.3. The Morgan fingerprint density at radius 1 is 1.00 bits per heavy atom. The topological polar surface area (TPSA) is 54.0 Å². The highest BCUT2D eigenvalue weighted by molar-refractivity contribution is 5.86. The van der Waals surface area contributed by atoms with Crippen molar-refractivity contribution in [3.63, 3.8) is 0 Å². The van der Waals surface area contributed by atoms with Gasteiger partial charge in [-0.1, -0.05) is 30.3 Å². The molecule has 1 aliphatic heterocycles. The lowest BCUT2D eigenvalue weighted by atomic mass is 10.2. The molecular weight excluding hydrogens is 342 g/mol. The van der Waals surface area contributed by atoms with E-state index in [0.717, 1.165) is 39.1 Å². The van der Waals surface area contributed by atoms with Gasteiger partial charge in [-0.3, -0.25) is 10.2 Å². The fraction of sp³-hybridized carbons (Fsp3) is 0.381. The van der Waals surface area contributed by atoms with Crippen molar-refractivity contribution in [2.75, 3.05) is 56.7 Å². The summed E-state index contributed by atoms with van der Waals surface area (Å²) >= 11 is 0. The number of nitrogens with one attached hydrogen (secondary N) is 1. The van der Waals surface area contributed by atoms with Crippen LogP contribution in [0.25, 0.3) is 0 Å². The summed E-state index contributed by atoms with van der Waals surface area (Å²) in [6.45, 7) is 5.45. The maximum absolute atomic E-state index is 11.9. The molecule has 0 bridgehead atoms. The van der Waals surface area contributed by atoms with Gasteiger partial charge in [0.15, 0.2) is 0 Å². The molecule has 1 amide bonds. The standard InChI is InChI=1S/C21H27N3O3/c1-26-20-11-6-5-10-19(20)22-21(25)27-17-7-12-23-13-15-24(16-14-23)18-8-3-2-4-9-18/h2-6,8-11H,7,12-17H2,1H3,(H,22,25). The zero-order chi connectivity index (χ0) is 18.9. The summed E-state index contributed by atoms with van der Waals surface area (Å²) in [4.78, 5) is 16.8. The van der Waals surface area contributed by atoms with Gasteiger partial charge in [0.25, 0.3) is 0 Å². The maximum atomic E-state index is 11.9. The summed E-state index contributed by atoms with van der Waals surface area (Å²) in [6.07, 6.45) is 0.374. The third-order valence-corrected chi connectivity index (χ3v) is 4.69. The van der Waals surface area contributed by atoms with Crippen LogP contribution in [0.3, 0.4) is 0 Å². The highest BCUT2D eigenvalue weighted by atomic mass is 16.5. The molecule has 144 valence electrons. The number of rotatable bonds is 7. The van der Waals surface area contributed by atoms with Crippen LogP contribution in [0.15, 0.2) is 54.6 Å². The van der Waals surface area contributed by atoms with Crippen molar-refractivity contribution in [2.45, 2.75) is 6.42 Å². The molecule has 1 aliphatic rings. The number of piperazine rings is 1. The molecule has 0 spiro atoms. The number of anilines is 2. The number of ether oxygens (including phenoxy) is 2. The number of nitrogens with zero attached hydrogens (tertiary/aromatic N) is 2. The molecule has 2 aromatic rings. The van der Waals surface area contributed by atoms with Gasteiger partial charge in [0.2, 0.25) is 0 Å².